The Morgan fingerprint density at radius 2 is 1.54 bits per heavy atom. The Morgan fingerprint density at radius 1 is 0.927 bits per heavy atom. The lowest BCUT2D eigenvalue weighted by Crippen LogP contribution is -2.52. The van der Waals surface area contributed by atoms with Crippen LogP contribution in [0.1, 0.15) is 45.2 Å². The predicted octanol–water partition coefficient (Wildman–Crippen LogP) is 5.57. The van der Waals surface area contributed by atoms with E-state index in [1.54, 1.807) is 31.2 Å². The maximum absolute atomic E-state index is 14.0. The molecular formula is C31H38ClN3O5S. The Morgan fingerprint density at radius 3 is 2.10 bits per heavy atom. The molecule has 0 saturated carbocycles. The molecule has 0 radical (unpaired) electrons. The molecule has 0 aliphatic rings. The first-order chi connectivity index (χ1) is 19.5. The Kier molecular flexibility index (Phi) is 11.2. The minimum Gasteiger partial charge on any atom is -0.494 e. The van der Waals surface area contributed by atoms with Crippen LogP contribution in [0.3, 0.4) is 0 Å². The van der Waals surface area contributed by atoms with Crippen molar-refractivity contribution in [3.05, 3.63) is 88.9 Å². The molecule has 0 unspecified atom stereocenters. The third-order valence-corrected chi connectivity index (χ3v) is 8.80. The lowest BCUT2D eigenvalue weighted by molar-refractivity contribution is -0.139. The van der Waals surface area contributed by atoms with Crippen LogP contribution in [0.2, 0.25) is 5.02 Å². The first-order valence-electron chi connectivity index (χ1n) is 13.6. The van der Waals surface area contributed by atoms with Crippen molar-refractivity contribution in [2.24, 2.45) is 0 Å². The molecule has 2 amide bonds. The van der Waals surface area contributed by atoms with Gasteiger partial charge in [0.15, 0.2) is 0 Å². The summed E-state index contributed by atoms with van der Waals surface area (Å²) in [5.41, 5.74) is 2.16. The summed E-state index contributed by atoms with van der Waals surface area (Å²) in [5.74, 6) is -0.264. The Bertz CT molecular complexity index is 1410. The molecular weight excluding hydrogens is 562 g/mol. The van der Waals surface area contributed by atoms with Crippen LogP contribution in [-0.4, -0.2) is 50.4 Å². The minimum absolute atomic E-state index is 0.0174. The zero-order valence-corrected chi connectivity index (χ0v) is 25.7. The molecule has 8 nitrogen and oxygen atoms in total. The first kappa shape index (κ1) is 32.0. The van der Waals surface area contributed by atoms with Crippen LogP contribution in [0.25, 0.3) is 0 Å². The van der Waals surface area contributed by atoms with E-state index in [2.05, 4.69) is 5.32 Å². The second-order valence-electron chi connectivity index (χ2n) is 9.89. The Hall–Kier alpha value is -3.56. The van der Waals surface area contributed by atoms with Crippen molar-refractivity contribution in [3.8, 4) is 5.75 Å². The van der Waals surface area contributed by atoms with Gasteiger partial charge in [-0.25, -0.2) is 8.42 Å². The van der Waals surface area contributed by atoms with Crippen molar-refractivity contribution in [3.63, 3.8) is 0 Å². The van der Waals surface area contributed by atoms with Gasteiger partial charge in [-0.2, -0.15) is 0 Å². The molecule has 2 atom stereocenters. The van der Waals surface area contributed by atoms with Gasteiger partial charge < -0.3 is 15.0 Å². The third-order valence-electron chi connectivity index (χ3n) is 6.76. The zero-order chi connectivity index (χ0) is 30.2. The lowest BCUT2D eigenvalue weighted by Gasteiger charge is -2.32. The lowest BCUT2D eigenvalue weighted by atomic mass is 10.1. The predicted molar refractivity (Wildman–Crippen MR) is 163 cm³/mol. The van der Waals surface area contributed by atoms with E-state index in [1.807, 2.05) is 52.0 Å². The van der Waals surface area contributed by atoms with Gasteiger partial charge in [0.25, 0.3) is 10.0 Å². The number of carbonyl (C=O) groups excluding carboxylic acids is 2. The number of benzene rings is 3. The quantitative estimate of drug-likeness (QED) is 0.277. The Balaban J connectivity index is 2.02. The maximum Gasteiger partial charge on any atom is 0.264 e. The number of nitrogens with zero attached hydrogens (tertiary/aromatic N) is 2. The summed E-state index contributed by atoms with van der Waals surface area (Å²) in [6.07, 6.45) is 0.731. The first-order valence-corrected chi connectivity index (χ1v) is 15.4. The van der Waals surface area contributed by atoms with E-state index in [-0.39, 0.29) is 29.1 Å². The molecule has 0 aliphatic carbocycles. The maximum atomic E-state index is 14.0. The second kappa shape index (κ2) is 14.4. The van der Waals surface area contributed by atoms with Gasteiger partial charge in [0.2, 0.25) is 11.8 Å². The molecule has 0 spiro atoms. The van der Waals surface area contributed by atoms with E-state index in [0.717, 1.165) is 21.9 Å². The molecule has 0 saturated heterocycles. The smallest absolute Gasteiger partial charge is 0.264 e. The summed E-state index contributed by atoms with van der Waals surface area (Å²) in [6.45, 7) is 9.38. The summed E-state index contributed by atoms with van der Waals surface area (Å²) in [6, 6.07) is 19.0. The van der Waals surface area contributed by atoms with E-state index < -0.39 is 28.5 Å². The molecule has 0 aliphatic heterocycles. The van der Waals surface area contributed by atoms with Crippen LogP contribution in [0, 0.1) is 6.92 Å². The summed E-state index contributed by atoms with van der Waals surface area (Å²) in [7, 11) is -4.19. The fourth-order valence-corrected chi connectivity index (χ4v) is 5.62. The monoisotopic (exact) mass is 599 g/mol. The van der Waals surface area contributed by atoms with Crippen molar-refractivity contribution >= 4 is 39.1 Å². The van der Waals surface area contributed by atoms with E-state index >= 15 is 0 Å². The van der Waals surface area contributed by atoms with Crippen molar-refractivity contribution in [2.45, 2.75) is 64.6 Å². The van der Waals surface area contributed by atoms with Crippen LogP contribution in [0.5, 0.6) is 5.75 Å². The molecule has 1 N–H and O–H groups in total. The van der Waals surface area contributed by atoms with Gasteiger partial charge in [-0.15, -0.1) is 0 Å². The van der Waals surface area contributed by atoms with E-state index in [0.29, 0.717) is 17.4 Å². The number of carbonyl (C=O) groups is 2. The third kappa shape index (κ3) is 8.47. The van der Waals surface area contributed by atoms with Crippen LogP contribution in [0.4, 0.5) is 5.69 Å². The number of nitrogens with one attached hydrogen (secondary N) is 1. The van der Waals surface area contributed by atoms with Crippen molar-refractivity contribution in [1.82, 2.24) is 10.2 Å². The van der Waals surface area contributed by atoms with Crippen LogP contribution >= 0.6 is 11.6 Å². The highest BCUT2D eigenvalue weighted by Gasteiger charge is 2.32. The summed E-state index contributed by atoms with van der Waals surface area (Å²) >= 11 is 6.01. The topological polar surface area (TPSA) is 96.0 Å². The van der Waals surface area contributed by atoms with Crippen LogP contribution in [-0.2, 0) is 26.2 Å². The molecule has 0 heterocycles. The zero-order valence-electron chi connectivity index (χ0n) is 24.1. The molecule has 3 aromatic rings. The summed E-state index contributed by atoms with van der Waals surface area (Å²) in [5, 5.41) is 3.32. The number of ether oxygens (including phenoxy) is 1. The van der Waals surface area contributed by atoms with Gasteiger partial charge in [0, 0.05) is 17.6 Å². The highest BCUT2D eigenvalue weighted by Crippen LogP contribution is 2.27. The number of aryl methyl sites for hydroxylation is 1. The van der Waals surface area contributed by atoms with Gasteiger partial charge >= 0.3 is 0 Å². The molecule has 3 rings (SSSR count). The largest absolute Gasteiger partial charge is 0.494 e. The number of amides is 2. The van der Waals surface area contributed by atoms with Gasteiger partial charge in [-0.1, -0.05) is 48.4 Å². The number of sulfonamides is 1. The highest BCUT2D eigenvalue weighted by atomic mass is 35.5. The van der Waals surface area contributed by atoms with E-state index in [4.69, 9.17) is 16.3 Å². The molecule has 0 fully saturated rings. The molecule has 41 heavy (non-hydrogen) atoms. The fourth-order valence-electron chi connectivity index (χ4n) is 4.08. The number of hydrogen-bond donors (Lipinski definition) is 1. The molecule has 0 aromatic heterocycles. The molecule has 0 bridgehead atoms. The highest BCUT2D eigenvalue weighted by molar-refractivity contribution is 7.92. The van der Waals surface area contributed by atoms with Crippen LogP contribution < -0.4 is 14.4 Å². The van der Waals surface area contributed by atoms with Gasteiger partial charge in [0.1, 0.15) is 18.3 Å². The van der Waals surface area contributed by atoms with Crippen molar-refractivity contribution < 1.29 is 22.7 Å². The number of halogens is 1. The molecule has 3 aromatic carbocycles. The fraction of sp³-hybridized carbons (Fsp3) is 0.355. The van der Waals surface area contributed by atoms with E-state index in [9.17, 15) is 18.0 Å². The average molecular weight is 600 g/mol. The van der Waals surface area contributed by atoms with Gasteiger partial charge in [-0.05, 0) is 88.2 Å². The van der Waals surface area contributed by atoms with E-state index in [1.165, 1.54) is 29.2 Å². The summed E-state index contributed by atoms with van der Waals surface area (Å²) in [4.78, 5) is 28.5. The standard InChI is InChI=1S/C31H38ClN3O5S/c1-6-23(4)33-31(37)24(5)34(20-25-10-8-22(3)9-11-25)30(36)21-35(27-14-16-28(17-15-27)40-7-2)41(38,39)29-18-12-26(32)13-19-29/h8-19,23-24H,6-7,20-21H2,1-5H3,(H,33,37)/t23-,24+/m1/s1. The second-order valence-corrected chi connectivity index (χ2v) is 12.2. The normalized spacial score (nSPS) is 12.7. The summed E-state index contributed by atoms with van der Waals surface area (Å²) < 4.78 is 34.4. The minimum atomic E-state index is -4.19. The average Bonchev–Trinajstić information content (AvgIpc) is 2.95. The van der Waals surface area contributed by atoms with Gasteiger partial charge in [0.05, 0.1) is 17.2 Å². The number of anilines is 1. The number of hydrogen-bond acceptors (Lipinski definition) is 5. The van der Waals surface area contributed by atoms with Crippen molar-refractivity contribution in [2.75, 3.05) is 17.5 Å². The molecule has 10 heteroatoms. The van der Waals surface area contributed by atoms with Crippen LogP contribution in [0.15, 0.2) is 77.7 Å². The molecule has 220 valence electrons. The number of rotatable bonds is 13. The van der Waals surface area contributed by atoms with Crippen molar-refractivity contribution in [1.29, 1.82) is 0 Å². The Labute approximate surface area is 248 Å². The SMILES string of the molecule is CCOc1ccc(N(CC(=O)N(Cc2ccc(C)cc2)[C@@H](C)C(=O)N[C@H](C)CC)S(=O)(=O)c2ccc(Cl)cc2)cc1. The van der Waals surface area contributed by atoms with Gasteiger partial charge in [-0.3, -0.25) is 13.9 Å².